The largest absolute Gasteiger partial charge is 0.497 e. The molecule has 0 aliphatic carbocycles. The second-order valence-corrected chi connectivity index (χ2v) is 7.27. The van der Waals surface area contributed by atoms with Crippen LogP contribution >= 0.6 is 0 Å². The van der Waals surface area contributed by atoms with Crippen molar-refractivity contribution < 1.29 is 9.53 Å². The lowest BCUT2D eigenvalue weighted by Gasteiger charge is -2.35. The van der Waals surface area contributed by atoms with Crippen LogP contribution in [0.15, 0.2) is 60.9 Å². The van der Waals surface area contributed by atoms with E-state index in [0.29, 0.717) is 13.1 Å². The van der Waals surface area contributed by atoms with Crippen LogP contribution in [0.2, 0.25) is 0 Å². The summed E-state index contributed by atoms with van der Waals surface area (Å²) >= 11 is 0. The van der Waals surface area contributed by atoms with Gasteiger partial charge in [0.15, 0.2) is 0 Å². The van der Waals surface area contributed by atoms with Gasteiger partial charge in [-0.3, -0.25) is 0 Å². The summed E-state index contributed by atoms with van der Waals surface area (Å²) in [5, 5.41) is 2.98. The summed E-state index contributed by atoms with van der Waals surface area (Å²) < 4.78 is 5.31. The molecule has 30 heavy (non-hydrogen) atoms. The summed E-state index contributed by atoms with van der Waals surface area (Å²) in [7, 11) is 1.65. The Bertz CT molecular complexity index is 1030. The fraction of sp³-hybridized carbons (Fsp3) is 0.261. The second kappa shape index (κ2) is 8.82. The first-order chi connectivity index (χ1) is 14.6. The number of urea groups is 1. The third-order valence-electron chi connectivity index (χ3n) is 5.18. The summed E-state index contributed by atoms with van der Waals surface area (Å²) in [4.78, 5) is 25.5. The Morgan fingerprint density at radius 3 is 2.57 bits per heavy atom. The predicted octanol–water partition coefficient (Wildman–Crippen LogP) is 3.81. The van der Waals surface area contributed by atoms with E-state index in [1.165, 1.54) is 0 Å². The number of amides is 2. The molecular formula is C23H25N5O2. The van der Waals surface area contributed by atoms with Gasteiger partial charge in [0.25, 0.3) is 0 Å². The van der Waals surface area contributed by atoms with Gasteiger partial charge in [-0.05, 0) is 36.8 Å². The SMILES string of the molecule is COc1cccc(-c2cc(N3CCN(C(=O)Nc4cccc(C)c4)CC3)ncn2)c1. The van der Waals surface area contributed by atoms with Crippen LogP contribution in [-0.2, 0) is 0 Å². The topological polar surface area (TPSA) is 70.6 Å². The number of hydrogen-bond donors (Lipinski definition) is 1. The van der Waals surface area contributed by atoms with E-state index in [0.717, 1.165) is 47.2 Å². The Morgan fingerprint density at radius 1 is 1.00 bits per heavy atom. The molecule has 1 N–H and O–H groups in total. The molecule has 2 aromatic carbocycles. The summed E-state index contributed by atoms with van der Waals surface area (Å²) in [5.74, 6) is 1.66. The first-order valence-corrected chi connectivity index (χ1v) is 9.96. The van der Waals surface area contributed by atoms with Crippen LogP contribution in [0, 0.1) is 6.92 Å². The number of piperazine rings is 1. The van der Waals surface area contributed by atoms with Crippen molar-refractivity contribution in [1.29, 1.82) is 0 Å². The van der Waals surface area contributed by atoms with Gasteiger partial charge in [-0.25, -0.2) is 14.8 Å². The Labute approximate surface area is 176 Å². The molecule has 1 aromatic heterocycles. The van der Waals surface area contributed by atoms with Crippen molar-refractivity contribution in [3.05, 3.63) is 66.5 Å². The van der Waals surface area contributed by atoms with Gasteiger partial charge in [0.1, 0.15) is 17.9 Å². The average molecular weight is 403 g/mol. The number of benzene rings is 2. The monoisotopic (exact) mass is 403 g/mol. The number of ether oxygens (including phenoxy) is 1. The van der Waals surface area contributed by atoms with Crippen LogP contribution in [0.5, 0.6) is 5.75 Å². The Hall–Kier alpha value is -3.61. The molecule has 154 valence electrons. The van der Waals surface area contributed by atoms with Crippen molar-refractivity contribution in [2.24, 2.45) is 0 Å². The molecule has 7 heteroatoms. The van der Waals surface area contributed by atoms with Crippen molar-refractivity contribution in [2.75, 3.05) is 43.5 Å². The Morgan fingerprint density at radius 2 is 1.80 bits per heavy atom. The lowest BCUT2D eigenvalue weighted by molar-refractivity contribution is 0.208. The number of carbonyl (C=O) groups excluding carboxylic acids is 1. The number of methoxy groups -OCH3 is 1. The van der Waals surface area contributed by atoms with Crippen molar-refractivity contribution in [3.8, 4) is 17.0 Å². The molecule has 1 saturated heterocycles. The summed E-state index contributed by atoms with van der Waals surface area (Å²) in [6.07, 6.45) is 1.58. The van der Waals surface area contributed by atoms with Crippen LogP contribution < -0.4 is 15.0 Å². The maximum absolute atomic E-state index is 12.6. The van der Waals surface area contributed by atoms with E-state index in [1.807, 2.05) is 66.4 Å². The number of hydrogen-bond acceptors (Lipinski definition) is 5. The van der Waals surface area contributed by atoms with Crippen molar-refractivity contribution in [2.45, 2.75) is 6.92 Å². The molecular weight excluding hydrogens is 378 g/mol. The number of anilines is 2. The van der Waals surface area contributed by atoms with E-state index >= 15 is 0 Å². The summed E-state index contributed by atoms with van der Waals surface area (Å²) in [6.45, 7) is 4.72. The molecule has 0 saturated carbocycles. The van der Waals surface area contributed by atoms with E-state index in [-0.39, 0.29) is 6.03 Å². The van der Waals surface area contributed by atoms with E-state index in [4.69, 9.17) is 4.74 Å². The molecule has 0 atom stereocenters. The molecule has 1 aliphatic rings. The van der Waals surface area contributed by atoms with E-state index in [1.54, 1.807) is 13.4 Å². The lowest BCUT2D eigenvalue weighted by Crippen LogP contribution is -2.50. The normalized spacial score (nSPS) is 13.8. The molecule has 1 fully saturated rings. The molecule has 7 nitrogen and oxygen atoms in total. The van der Waals surface area contributed by atoms with Crippen LogP contribution in [0.3, 0.4) is 0 Å². The molecule has 2 amide bonds. The minimum absolute atomic E-state index is 0.0694. The highest BCUT2D eigenvalue weighted by Crippen LogP contribution is 2.25. The molecule has 1 aliphatic heterocycles. The molecule has 3 aromatic rings. The van der Waals surface area contributed by atoms with Gasteiger partial charge in [-0.2, -0.15) is 0 Å². The van der Waals surface area contributed by atoms with Crippen LogP contribution in [0.4, 0.5) is 16.3 Å². The number of nitrogens with zero attached hydrogens (tertiary/aromatic N) is 4. The highest BCUT2D eigenvalue weighted by molar-refractivity contribution is 5.89. The third-order valence-corrected chi connectivity index (χ3v) is 5.18. The van der Waals surface area contributed by atoms with E-state index < -0.39 is 0 Å². The molecule has 0 radical (unpaired) electrons. The van der Waals surface area contributed by atoms with E-state index in [2.05, 4.69) is 20.2 Å². The summed E-state index contributed by atoms with van der Waals surface area (Å²) in [5.41, 5.74) is 3.77. The average Bonchev–Trinajstić information content (AvgIpc) is 2.79. The second-order valence-electron chi connectivity index (χ2n) is 7.27. The standard InChI is InChI=1S/C23H25N5O2/c1-17-5-3-7-19(13-17)26-23(29)28-11-9-27(10-12-28)22-15-21(24-16-25-22)18-6-4-8-20(14-18)30-2/h3-8,13-16H,9-12H2,1-2H3,(H,26,29). The molecule has 2 heterocycles. The van der Waals surface area contributed by atoms with Crippen LogP contribution in [0.25, 0.3) is 11.3 Å². The zero-order chi connectivity index (χ0) is 20.9. The van der Waals surface area contributed by atoms with Gasteiger partial charge in [-0.1, -0.05) is 24.3 Å². The first kappa shape index (κ1) is 19.7. The Balaban J connectivity index is 1.40. The molecule has 0 bridgehead atoms. The van der Waals surface area contributed by atoms with Crippen molar-refractivity contribution in [3.63, 3.8) is 0 Å². The van der Waals surface area contributed by atoms with Gasteiger partial charge < -0.3 is 19.9 Å². The fourth-order valence-corrected chi connectivity index (χ4v) is 3.52. The lowest BCUT2D eigenvalue weighted by atomic mass is 10.1. The first-order valence-electron chi connectivity index (χ1n) is 9.96. The highest BCUT2D eigenvalue weighted by Gasteiger charge is 2.22. The minimum Gasteiger partial charge on any atom is -0.497 e. The predicted molar refractivity (Wildman–Crippen MR) is 118 cm³/mol. The van der Waals surface area contributed by atoms with Gasteiger partial charge in [0, 0.05) is 43.5 Å². The van der Waals surface area contributed by atoms with Crippen LogP contribution in [0.1, 0.15) is 5.56 Å². The number of rotatable bonds is 4. The number of nitrogens with one attached hydrogen (secondary N) is 1. The molecule has 4 rings (SSSR count). The third kappa shape index (κ3) is 4.51. The van der Waals surface area contributed by atoms with Gasteiger partial charge >= 0.3 is 6.03 Å². The number of aromatic nitrogens is 2. The maximum atomic E-state index is 12.6. The fourth-order valence-electron chi connectivity index (χ4n) is 3.52. The molecule has 0 spiro atoms. The number of carbonyl (C=O) groups is 1. The maximum Gasteiger partial charge on any atom is 0.321 e. The van der Waals surface area contributed by atoms with E-state index in [9.17, 15) is 4.79 Å². The Kier molecular flexibility index (Phi) is 5.79. The smallest absolute Gasteiger partial charge is 0.321 e. The van der Waals surface area contributed by atoms with Crippen molar-refractivity contribution in [1.82, 2.24) is 14.9 Å². The quantitative estimate of drug-likeness (QED) is 0.717. The zero-order valence-electron chi connectivity index (χ0n) is 17.2. The van der Waals surface area contributed by atoms with Gasteiger partial charge in [0.2, 0.25) is 0 Å². The number of aryl methyl sites for hydroxylation is 1. The molecule has 0 unspecified atom stereocenters. The summed E-state index contributed by atoms with van der Waals surface area (Å²) in [6, 6.07) is 17.6. The minimum atomic E-state index is -0.0694. The van der Waals surface area contributed by atoms with Gasteiger partial charge in [-0.15, -0.1) is 0 Å². The zero-order valence-corrected chi connectivity index (χ0v) is 17.2. The van der Waals surface area contributed by atoms with Crippen LogP contribution in [-0.4, -0.2) is 54.2 Å². The highest BCUT2D eigenvalue weighted by atomic mass is 16.5. The van der Waals surface area contributed by atoms with Crippen molar-refractivity contribution >= 4 is 17.5 Å². The van der Waals surface area contributed by atoms with Gasteiger partial charge in [0.05, 0.1) is 12.8 Å².